The molecule has 0 saturated carbocycles. The van der Waals surface area contributed by atoms with Gasteiger partial charge in [0.15, 0.2) is 5.78 Å². The molecule has 0 bridgehead atoms. The van der Waals surface area contributed by atoms with Gasteiger partial charge < -0.3 is 15.4 Å². The van der Waals surface area contributed by atoms with Crippen LogP contribution in [-0.2, 0) is 19.4 Å². The molecule has 142 valence electrons. The number of nitrogens with zero attached hydrogens (tertiary/aromatic N) is 1. The summed E-state index contributed by atoms with van der Waals surface area (Å²) in [6, 6.07) is 12.5. The van der Waals surface area contributed by atoms with E-state index in [-0.39, 0.29) is 12.4 Å². The van der Waals surface area contributed by atoms with Gasteiger partial charge in [-0.25, -0.2) is 0 Å². The summed E-state index contributed by atoms with van der Waals surface area (Å²) in [5, 5.41) is 9.31. The van der Waals surface area contributed by atoms with Gasteiger partial charge in [-0.15, -0.1) is 0 Å². The van der Waals surface area contributed by atoms with E-state index in [0.717, 1.165) is 37.2 Å². The Morgan fingerprint density at radius 1 is 1.15 bits per heavy atom. The zero-order chi connectivity index (χ0) is 19.2. The summed E-state index contributed by atoms with van der Waals surface area (Å²) < 4.78 is 2.08. The maximum atomic E-state index is 12.7. The van der Waals surface area contributed by atoms with E-state index in [4.69, 9.17) is 5.73 Å². The van der Waals surface area contributed by atoms with Crippen LogP contribution in [0.3, 0.4) is 0 Å². The molecule has 0 aliphatic rings. The fourth-order valence-electron chi connectivity index (χ4n) is 3.17. The molecule has 0 saturated heterocycles. The molecule has 0 radical (unpaired) electrons. The molecule has 0 spiro atoms. The quantitative estimate of drug-likeness (QED) is 0.638. The third-order valence-electron chi connectivity index (χ3n) is 4.98. The van der Waals surface area contributed by atoms with Crippen LogP contribution in [0.2, 0.25) is 0 Å². The second-order valence-corrected chi connectivity index (χ2v) is 7.53. The molecule has 0 aliphatic carbocycles. The molecule has 4 heteroatoms. The normalized spacial score (nSPS) is 13.6. The van der Waals surface area contributed by atoms with Crippen molar-refractivity contribution in [2.45, 2.75) is 65.0 Å². The number of Topliss-reactive ketones (excluding diaryl/α,β-unsaturated/α-hetero) is 1. The van der Waals surface area contributed by atoms with Gasteiger partial charge in [-0.2, -0.15) is 0 Å². The van der Waals surface area contributed by atoms with Crippen molar-refractivity contribution in [3.63, 3.8) is 0 Å². The second kappa shape index (κ2) is 9.15. The Labute approximate surface area is 157 Å². The van der Waals surface area contributed by atoms with Crippen molar-refractivity contribution in [1.29, 1.82) is 0 Å². The Morgan fingerprint density at radius 3 is 2.46 bits per heavy atom. The zero-order valence-electron chi connectivity index (χ0n) is 16.3. The Balaban J connectivity index is 1.94. The Hall–Kier alpha value is -1.91. The molecule has 0 amide bonds. The van der Waals surface area contributed by atoms with E-state index in [9.17, 15) is 9.90 Å². The lowest BCUT2D eigenvalue weighted by molar-refractivity contribution is 0.0971. The van der Waals surface area contributed by atoms with E-state index in [0.29, 0.717) is 12.8 Å². The molecule has 1 atom stereocenters. The minimum atomic E-state index is -0.582. The van der Waals surface area contributed by atoms with Gasteiger partial charge in [-0.3, -0.25) is 4.79 Å². The summed E-state index contributed by atoms with van der Waals surface area (Å²) in [6.07, 6.45) is 3.79. The van der Waals surface area contributed by atoms with Crippen LogP contribution in [0.1, 0.15) is 60.4 Å². The van der Waals surface area contributed by atoms with Crippen LogP contribution in [0.4, 0.5) is 0 Å². The van der Waals surface area contributed by atoms with Crippen LogP contribution in [-0.4, -0.2) is 27.6 Å². The molecule has 26 heavy (non-hydrogen) atoms. The molecule has 4 nitrogen and oxygen atoms in total. The number of aliphatic hydroxyl groups is 1. The first-order valence-electron chi connectivity index (χ1n) is 9.53. The van der Waals surface area contributed by atoms with Crippen molar-refractivity contribution in [1.82, 2.24) is 4.57 Å². The summed E-state index contributed by atoms with van der Waals surface area (Å²) in [5.41, 5.74) is 9.88. The number of carbonyl (C=O) groups excluding carboxylic acids is 1. The fraction of sp³-hybridized carbons (Fsp3) is 0.500. The lowest BCUT2D eigenvalue weighted by Crippen LogP contribution is -2.40. The number of benzene rings is 1. The summed E-state index contributed by atoms with van der Waals surface area (Å²) in [4.78, 5) is 12.7. The molecular weight excluding hydrogens is 324 g/mol. The number of nitrogens with two attached hydrogens (primary N) is 1. The molecule has 0 unspecified atom stereocenters. The van der Waals surface area contributed by atoms with Crippen LogP contribution < -0.4 is 5.73 Å². The van der Waals surface area contributed by atoms with Crippen molar-refractivity contribution >= 4 is 5.78 Å². The highest BCUT2D eigenvalue weighted by atomic mass is 16.3. The van der Waals surface area contributed by atoms with E-state index in [1.54, 1.807) is 0 Å². The topological polar surface area (TPSA) is 68.2 Å². The van der Waals surface area contributed by atoms with E-state index < -0.39 is 5.54 Å². The first-order valence-corrected chi connectivity index (χ1v) is 9.53. The van der Waals surface area contributed by atoms with Gasteiger partial charge in [-0.05, 0) is 64.2 Å². The van der Waals surface area contributed by atoms with Gasteiger partial charge >= 0.3 is 0 Å². The lowest BCUT2D eigenvalue weighted by Gasteiger charge is -2.22. The van der Waals surface area contributed by atoms with Crippen LogP contribution >= 0.6 is 0 Å². The highest BCUT2D eigenvalue weighted by Crippen LogP contribution is 2.18. The van der Waals surface area contributed by atoms with Gasteiger partial charge in [0.25, 0.3) is 0 Å². The molecule has 2 aromatic rings. The first-order chi connectivity index (χ1) is 12.4. The first kappa shape index (κ1) is 20.4. The van der Waals surface area contributed by atoms with Gasteiger partial charge in [0.1, 0.15) is 0 Å². The van der Waals surface area contributed by atoms with E-state index >= 15 is 0 Å². The molecule has 0 aliphatic heterocycles. The number of hydrogen-bond donors (Lipinski definition) is 2. The molecular formula is C22H32N2O2. The van der Waals surface area contributed by atoms with Crippen LogP contribution in [0, 0.1) is 6.92 Å². The number of carbonyl (C=O) groups is 1. The van der Waals surface area contributed by atoms with Crippen molar-refractivity contribution in [2.75, 3.05) is 6.61 Å². The standard InChI is InChI=1S/C22H32N2O2/c1-4-24-19(14-15-22(3,23)16-25)12-13-20(24)21(26)7-5-6-18-10-8-17(2)9-11-18/h8-13,25H,4-7,14-16,23H2,1-3H3/t22-/m1/s1. The third kappa shape index (κ3) is 5.55. The maximum absolute atomic E-state index is 12.7. The summed E-state index contributed by atoms with van der Waals surface area (Å²) in [5.74, 6) is 0.197. The Morgan fingerprint density at radius 2 is 1.85 bits per heavy atom. The average molecular weight is 357 g/mol. The largest absolute Gasteiger partial charge is 0.394 e. The maximum Gasteiger partial charge on any atom is 0.179 e. The van der Waals surface area contributed by atoms with Crippen molar-refractivity contribution in [3.05, 3.63) is 58.9 Å². The van der Waals surface area contributed by atoms with Gasteiger partial charge in [0, 0.05) is 24.2 Å². The number of aryl methyl sites for hydroxylation is 3. The Kier molecular flexibility index (Phi) is 7.18. The predicted molar refractivity (Wildman–Crippen MR) is 107 cm³/mol. The van der Waals surface area contributed by atoms with Crippen LogP contribution in [0.15, 0.2) is 36.4 Å². The van der Waals surface area contributed by atoms with E-state index in [1.165, 1.54) is 11.1 Å². The second-order valence-electron chi connectivity index (χ2n) is 7.53. The van der Waals surface area contributed by atoms with Crippen molar-refractivity contribution in [3.8, 4) is 0 Å². The number of rotatable bonds is 10. The molecule has 2 rings (SSSR count). The summed E-state index contributed by atoms with van der Waals surface area (Å²) in [7, 11) is 0. The SMILES string of the molecule is CCn1c(CC[C@@](C)(N)CO)ccc1C(=O)CCCc1ccc(C)cc1. The predicted octanol–water partition coefficient (Wildman–Crippen LogP) is 3.66. The minimum Gasteiger partial charge on any atom is -0.394 e. The smallest absolute Gasteiger partial charge is 0.179 e. The Bertz CT molecular complexity index is 714. The van der Waals surface area contributed by atoms with Gasteiger partial charge in [-0.1, -0.05) is 29.8 Å². The highest BCUT2D eigenvalue weighted by molar-refractivity contribution is 5.94. The monoisotopic (exact) mass is 356 g/mol. The number of aromatic nitrogens is 1. The summed E-state index contributed by atoms with van der Waals surface area (Å²) >= 11 is 0. The number of aliphatic hydroxyl groups excluding tert-OH is 1. The van der Waals surface area contributed by atoms with Gasteiger partial charge in [0.2, 0.25) is 0 Å². The third-order valence-corrected chi connectivity index (χ3v) is 4.98. The van der Waals surface area contributed by atoms with Crippen LogP contribution in [0.5, 0.6) is 0 Å². The zero-order valence-corrected chi connectivity index (χ0v) is 16.3. The molecule has 3 N–H and O–H groups in total. The van der Waals surface area contributed by atoms with Gasteiger partial charge in [0.05, 0.1) is 12.3 Å². The highest BCUT2D eigenvalue weighted by Gasteiger charge is 2.19. The number of ketones is 1. The minimum absolute atomic E-state index is 0.0371. The van der Waals surface area contributed by atoms with E-state index in [2.05, 4.69) is 42.7 Å². The molecule has 1 heterocycles. The molecule has 0 fully saturated rings. The number of hydrogen-bond acceptors (Lipinski definition) is 3. The molecule has 1 aromatic carbocycles. The van der Waals surface area contributed by atoms with E-state index in [1.807, 2.05) is 19.1 Å². The fourth-order valence-corrected chi connectivity index (χ4v) is 3.17. The average Bonchev–Trinajstić information content (AvgIpc) is 3.04. The van der Waals surface area contributed by atoms with Crippen molar-refractivity contribution in [2.24, 2.45) is 5.73 Å². The van der Waals surface area contributed by atoms with Crippen LogP contribution in [0.25, 0.3) is 0 Å². The molecule has 1 aromatic heterocycles. The van der Waals surface area contributed by atoms with Crippen molar-refractivity contribution < 1.29 is 9.90 Å². The lowest BCUT2D eigenvalue weighted by atomic mass is 9.97. The summed E-state index contributed by atoms with van der Waals surface area (Å²) in [6.45, 7) is 6.72.